The Hall–Kier alpha value is -3.58. The SMILES string of the molecule is CCOC[C@@H](Oc1ccc(OCC(=O)O)c(C)c1)c1cccc(-c2ccc(OC)cc2)n1. The zero-order valence-electron chi connectivity index (χ0n) is 18.4. The highest BCUT2D eigenvalue weighted by Gasteiger charge is 2.17. The second-order valence-electron chi connectivity index (χ2n) is 7.05. The molecule has 2 aromatic carbocycles. The average molecular weight is 437 g/mol. The number of nitrogens with zero attached hydrogens (tertiary/aromatic N) is 1. The van der Waals surface area contributed by atoms with Crippen molar-refractivity contribution in [2.24, 2.45) is 0 Å². The van der Waals surface area contributed by atoms with E-state index in [9.17, 15) is 4.79 Å². The summed E-state index contributed by atoms with van der Waals surface area (Å²) < 4.78 is 22.4. The molecule has 0 amide bonds. The summed E-state index contributed by atoms with van der Waals surface area (Å²) in [5, 5.41) is 8.80. The van der Waals surface area contributed by atoms with Crippen LogP contribution < -0.4 is 14.2 Å². The van der Waals surface area contributed by atoms with Gasteiger partial charge in [-0.3, -0.25) is 0 Å². The van der Waals surface area contributed by atoms with Crippen LogP contribution in [0.15, 0.2) is 60.7 Å². The number of carboxylic acids is 1. The van der Waals surface area contributed by atoms with Crippen LogP contribution in [0, 0.1) is 6.92 Å². The summed E-state index contributed by atoms with van der Waals surface area (Å²) in [7, 11) is 1.63. The molecule has 0 aliphatic heterocycles. The number of aliphatic carboxylic acids is 1. The van der Waals surface area contributed by atoms with E-state index >= 15 is 0 Å². The maximum absolute atomic E-state index is 10.7. The van der Waals surface area contributed by atoms with Crippen LogP contribution in [0.4, 0.5) is 0 Å². The normalized spacial score (nSPS) is 11.6. The van der Waals surface area contributed by atoms with Crippen LogP contribution in [0.2, 0.25) is 0 Å². The Balaban J connectivity index is 1.82. The fourth-order valence-corrected chi connectivity index (χ4v) is 3.12. The first-order chi connectivity index (χ1) is 15.5. The van der Waals surface area contributed by atoms with Gasteiger partial charge in [-0.2, -0.15) is 0 Å². The lowest BCUT2D eigenvalue weighted by Gasteiger charge is -2.20. The smallest absolute Gasteiger partial charge is 0.341 e. The van der Waals surface area contributed by atoms with Gasteiger partial charge in [-0.1, -0.05) is 6.07 Å². The maximum Gasteiger partial charge on any atom is 0.341 e. The molecular weight excluding hydrogens is 410 g/mol. The Bertz CT molecular complexity index is 1030. The predicted octanol–water partition coefficient (Wildman–Crippen LogP) is 4.69. The quantitative estimate of drug-likeness (QED) is 0.466. The highest BCUT2D eigenvalue weighted by Crippen LogP contribution is 2.28. The van der Waals surface area contributed by atoms with Crippen LogP contribution in [-0.4, -0.2) is 43.0 Å². The van der Waals surface area contributed by atoms with E-state index in [1.807, 2.05) is 62.4 Å². The molecule has 32 heavy (non-hydrogen) atoms. The van der Waals surface area contributed by atoms with Gasteiger partial charge in [-0.15, -0.1) is 0 Å². The molecule has 0 aliphatic rings. The molecule has 0 saturated heterocycles. The number of carboxylic acid groups (broad SMARTS) is 1. The molecule has 1 aromatic heterocycles. The summed E-state index contributed by atoms with van der Waals surface area (Å²) in [6, 6.07) is 18.8. The minimum Gasteiger partial charge on any atom is -0.497 e. The number of hydrogen-bond acceptors (Lipinski definition) is 6. The number of aryl methyl sites for hydroxylation is 1. The Kier molecular flexibility index (Phi) is 8.05. The van der Waals surface area contributed by atoms with E-state index in [4.69, 9.17) is 29.0 Å². The van der Waals surface area contributed by atoms with Crippen molar-refractivity contribution in [1.82, 2.24) is 4.98 Å². The molecular formula is C25H27NO6. The van der Waals surface area contributed by atoms with Gasteiger partial charge in [0.05, 0.1) is 25.1 Å². The van der Waals surface area contributed by atoms with Crippen molar-refractivity contribution in [3.8, 4) is 28.5 Å². The Morgan fingerprint density at radius 1 is 1.06 bits per heavy atom. The third-order valence-electron chi connectivity index (χ3n) is 4.74. The molecule has 7 heteroatoms. The Morgan fingerprint density at radius 3 is 2.47 bits per heavy atom. The van der Waals surface area contributed by atoms with E-state index in [1.54, 1.807) is 19.2 Å². The molecule has 1 heterocycles. The molecule has 0 bridgehead atoms. The summed E-state index contributed by atoms with van der Waals surface area (Å²) in [5.74, 6) is 0.880. The third-order valence-corrected chi connectivity index (χ3v) is 4.74. The average Bonchev–Trinajstić information content (AvgIpc) is 2.81. The van der Waals surface area contributed by atoms with Crippen molar-refractivity contribution < 1.29 is 28.8 Å². The number of carbonyl (C=O) groups is 1. The van der Waals surface area contributed by atoms with Crippen LogP contribution in [-0.2, 0) is 9.53 Å². The Labute approximate surface area is 187 Å². The van der Waals surface area contributed by atoms with Crippen molar-refractivity contribution in [1.29, 1.82) is 0 Å². The number of hydrogen-bond donors (Lipinski definition) is 1. The second-order valence-corrected chi connectivity index (χ2v) is 7.05. The van der Waals surface area contributed by atoms with E-state index in [0.29, 0.717) is 24.7 Å². The van der Waals surface area contributed by atoms with Crippen molar-refractivity contribution in [3.05, 3.63) is 71.9 Å². The topological polar surface area (TPSA) is 87.1 Å². The van der Waals surface area contributed by atoms with Crippen molar-refractivity contribution >= 4 is 5.97 Å². The Morgan fingerprint density at radius 2 is 1.81 bits per heavy atom. The fraction of sp³-hybridized carbons (Fsp3) is 0.280. The van der Waals surface area contributed by atoms with E-state index < -0.39 is 18.7 Å². The monoisotopic (exact) mass is 437 g/mol. The van der Waals surface area contributed by atoms with Gasteiger partial charge in [-0.25, -0.2) is 9.78 Å². The van der Waals surface area contributed by atoms with E-state index in [-0.39, 0.29) is 0 Å². The molecule has 0 spiro atoms. The summed E-state index contributed by atoms with van der Waals surface area (Å²) in [6.45, 7) is 4.27. The first-order valence-electron chi connectivity index (χ1n) is 10.3. The third kappa shape index (κ3) is 6.21. The molecule has 0 unspecified atom stereocenters. The number of pyridine rings is 1. The molecule has 0 fully saturated rings. The molecule has 168 valence electrons. The van der Waals surface area contributed by atoms with E-state index in [2.05, 4.69) is 0 Å². The number of benzene rings is 2. The molecule has 0 radical (unpaired) electrons. The van der Waals surface area contributed by atoms with Gasteiger partial charge < -0.3 is 24.1 Å². The first kappa shape index (κ1) is 23.1. The minimum atomic E-state index is -1.02. The molecule has 0 saturated carbocycles. The van der Waals surface area contributed by atoms with Crippen LogP contribution in [0.3, 0.4) is 0 Å². The first-order valence-corrected chi connectivity index (χ1v) is 10.3. The standard InChI is InChI=1S/C25H27NO6/c1-4-30-15-24(32-20-12-13-23(17(2)14-20)31-16-25(27)28)22-7-5-6-21(26-22)18-8-10-19(29-3)11-9-18/h5-14,24H,4,15-16H2,1-3H3,(H,27,28)/t24-/m1/s1. The van der Waals surface area contributed by atoms with E-state index in [0.717, 1.165) is 28.3 Å². The number of methoxy groups -OCH3 is 1. The molecule has 3 rings (SSSR count). The summed E-state index contributed by atoms with van der Waals surface area (Å²) in [6.07, 6.45) is -0.418. The molecule has 7 nitrogen and oxygen atoms in total. The summed E-state index contributed by atoms with van der Waals surface area (Å²) in [5.41, 5.74) is 3.32. The van der Waals surface area contributed by atoms with Crippen molar-refractivity contribution in [2.75, 3.05) is 26.9 Å². The lowest BCUT2D eigenvalue weighted by atomic mass is 10.1. The van der Waals surface area contributed by atoms with E-state index in [1.165, 1.54) is 0 Å². The molecule has 3 aromatic rings. The van der Waals surface area contributed by atoms with Crippen LogP contribution >= 0.6 is 0 Å². The van der Waals surface area contributed by atoms with Gasteiger partial charge in [0.2, 0.25) is 0 Å². The van der Waals surface area contributed by atoms with Gasteiger partial charge in [0, 0.05) is 12.2 Å². The van der Waals surface area contributed by atoms with Crippen molar-refractivity contribution in [2.45, 2.75) is 20.0 Å². The van der Waals surface area contributed by atoms with Gasteiger partial charge in [0.1, 0.15) is 17.2 Å². The van der Waals surface area contributed by atoms with Crippen LogP contribution in [0.1, 0.15) is 24.3 Å². The molecule has 1 N–H and O–H groups in total. The van der Waals surface area contributed by atoms with Gasteiger partial charge in [0.15, 0.2) is 12.7 Å². The van der Waals surface area contributed by atoms with Gasteiger partial charge in [0.25, 0.3) is 0 Å². The predicted molar refractivity (Wildman–Crippen MR) is 120 cm³/mol. The zero-order chi connectivity index (χ0) is 22.9. The number of ether oxygens (including phenoxy) is 4. The summed E-state index contributed by atoms with van der Waals surface area (Å²) >= 11 is 0. The largest absolute Gasteiger partial charge is 0.497 e. The van der Waals surface area contributed by atoms with Crippen LogP contribution in [0.25, 0.3) is 11.3 Å². The molecule has 0 aliphatic carbocycles. The minimum absolute atomic E-state index is 0.339. The van der Waals surface area contributed by atoms with Crippen LogP contribution in [0.5, 0.6) is 17.2 Å². The summed E-state index contributed by atoms with van der Waals surface area (Å²) in [4.78, 5) is 15.5. The number of rotatable bonds is 11. The fourth-order valence-electron chi connectivity index (χ4n) is 3.12. The number of aromatic nitrogens is 1. The molecule has 1 atom stereocenters. The second kappa shape index (κ2) is 11.2. The van der Waals surface area contributed by atoms with Crippen molar-refractivity contribution in [3.63, 3.8) is 0 Å². The van der Waals surface area contributed by atoms with Gasteiger partial charge >= 0.3 is 5.97 Å². The zero-order valence-corrected chi connectivity index (χ0v) is 18.4. The highest BCUT2D eigenvalue weighted by atomic mass is 16.5. The maximum atomic E-state index is 10.7. The lowest BCUT2D eigenvalue weighted by molar-refractivity contribution is -0.139. The highest BCUT2D eigenvalue weighted by molar-refractivity contribution is 5.68. The van der Waals surface area contributed by atoms with Gasteiger partial charge in [-0.05, 0) is 74.0 Å². The lowest BCUT2D eigenvalue weighted by Crippen LogP contribution is -2.16.